The van der Waals surface area contributed by atoms with E-state index >= 15 is 0 Å². The van der Waals surface area contributed by atoms with Crippen LogP contribution in [0.25, 0.3) is 0 Å². The van der Waals surface area contributed by atoms with Crippen LogP contribution in [0.2, 0.25) is 0 Å². The fraction of sp³-hybridized carbons (Fsp3) is 0.636. The van der Waals surface area contributed by atoms with E-state index in [-0.39, 0.29) is 23.9 Å². The summed E-state index contributed by atoms with van der Waals surface area (Å²) in [7, 11) is 1.50. The first-order valence-corrected chi connectivity index (χ1v) is 10.2. The van der Waals surface area contributed by atoms with Crippen LogP contribution in [0.15, 0.2) is 18.2 Å². The van der Waals surface area contributed by atoms with Gasteiger partial charge >= 0.3 is 6.09 Å². The summed E-state index contributed by atoms with van der Waals surface area (Å²) in [5, 5.41) is 3.15. The van der Waals surface area contributed by atoms with Crippen LogP contribution >= 0.6 is 0 Å². The van der Waals surface area contributed by atoms with E-state index in [9.17, 15) is 14.0 Å². The maximum absolute atomic E-state index is 13.8. The molecule has 0 aromatic heterocycles. The first-order valence-electron chi connectivity index (χ1n) is 10.2. The molecule has 1 saturated heterocycles. The number of ether oxygens (including phenoxy) is 2. The molecule has 0 atom stereocenters. The van der Waals surface area contributed by atoms with E-state index in [1.54, 1.807) is 11.0 Å². The van der Waals surface area contributed by atoms with Crippen molar-refractivity contribution < 1.29 is 23.5 Å². The Bertz CT molecular complexity index is 763. The number of nitrogens with one attached hydrogen (secondary N) is 1. The third-order valence-corrected chi connectivity index (χ3v) is 5.53. The third kappa shape index (κ3) is 5.61. The lowest BCUT2D eigenvalue weighted by Crippen LogP contribution is -2.49. The van der Waals surface area contributed by atoms with Gasteiger partial charge in [-0.25, -0.2) is 9.18 Å². The minimum absolute atomic E-state index is 0.0245. The van der Waals surface area contributed by atoms with Crippen LogP contribution in [0.1, 0.15) is 52.0 Å². The Hall–Kier alpha value is -2.31. The average Bonchev–Trinajstić information content (AvgIpc) is 3.41. The summed E-state index contributed by atoms with van der Waals surface area (Å²) in [4.78, 5) is 26.8. The lowest BCUT2D eigenvalue weighted by atomic mass is 9.94. The van der Waals surface area contributed by atoms with Gasteiger partial charge in [-0.2, -0.15) is 0 Å². The molecular formula is C22H31FN2O4. The van der Waals surface area contributed by atoms with Gasteiger partial charge in [0, 0.05) is 25.2 Å². The van der Waals surface area contributed by atoms with Crippen molar-refractivity contribution >= 4 is 12.0 Å². The molecule has 0 radical (unpaired) electrons. The van der Waals surface area contributed by atoms with E-state index in [0.717, 1.165) is 18.4 Å². The van der Waals surface area contributed by atoms with Crippen molar-refractivity contribution in [1.29, 1.82) is 0 Å². The molecule has 2 amide bonds. The number of hydrogen-bond acceptors (Lipinski definition) is 4. The largest absolute Gasteiger partial charge is 0.497 e. The molecule has 1 aromatic rings. The average molecular weight is 406 g/mol. The van der Waals surface area contributed by atoms with Crippen LogP contribution in [0.4, 0.5) is 9.18 Å². The molecule has 3 rings (SSSR count). The minimum Gasteiger partial charge on any atom is -0.497 e. The van der Waals surface area contributed by atoms with Crippen molar-refractivity contribution in [2.24, 2.45) is 5.41 Å². The molecule has 1 heterocycles. The Kier molecular flexibility index (Phi) is 6.05. The number of likely N-dealkylation sites (tertiary alicyclic amines) is 1. The lowest BCUT2D eigenvalue weighted by Gasteiger charge is -2.34. The number of rotatable bonds is 5. The zero-order valence-corrected chi connectivity index (χ0v) is 17.7. The number of amides is 2. The van der Waals surface area contributed by atoms with Crippen molar-refractivity contribution in [2.75, 3.05) is 20.2 Å². The highest BCUT2D eigenvalue weighted by Crippen LogP contribution is 2.49. The summed E-state index contributed by atoms with van der Waals surface area (Å²) in [6, 6.07) is 4.63. The maximum atomic E-state index is 13.8. The van der Waals surface area contributed by atoms with E-state index in [1.807, 2.05) is 20.8 Å². The number of carbonyl (C=O) groups is 2. The summed E-state index contributed by atoms with van der Waals surface area (Å²) in [5.74, 6) is 0.132. The van der Waals surface area contributed by atoms with Crippen LogP contribution in [-0.4, -0.2) is 48.7 Å². The van der Waals surface area contributed by atoms with Gasteiger partial charge < -0.3 is 19.7 Å². The van der Waals surface area contributed by atoms with Crippen molar-refractivity contribution in [2.45, 2.75) is 64.5 Å². The molecule has 29 heavy (non-hydrogen) atoms. The number of carbonyl (C=O) groups excluding carboxylic acids is 2. The van der Waals surface area contributed by atoms with Gasteiger partial charge in [-0.1, -0.05) is 0 Å². The van der Waals surface area contributed by atoms with Crippen molar-refractivity contribution in [1.82, 2.24) is 10.2 Å². The molecule has 1 aliphatic carbocycles. The van der Waals surface area contributed by atoms with Crippen molar-refractivity contribution in [3.05, 3.63) is 29.6 Å². The Morgan fingerprint density at radius 2 is 1.86 bits per heavy atom. The van der Waals surface area contributed by atoms with E-state index in [2.05, 4.69) is 5.32 Å². The smallest absolute Gasteiger partial charge is 0.410 e. The van der Waals surface area contributed by atoms with Crippen LogP contribution in [-0.2, 0) is 16.0 Å². The highest BCUT2D eigenvalue weighted by Gasteiger charge is 2.50. The molecule has 0 spiro atoms. The summed E-state index contributed by atoms with van der Waals surface area (Å²) < 4.78 is 24.3. The van der Waals surface area contributed by atoms with Crippen LogP contribution < -0.4 is 10.1 Å². The summed E-state index contributed by atoms with van der Waals surface area (Å²) in [5.41, 5.74) is -0.199. The molecule has 0 bridgehead atoms. The van der Waals surface area contributed by atoms with Gasteiger partial charge in [0.05, 0.1) is 12.5 Å². The molecule has 2 fully saturated rings. The topological polar surface area (TPSA) is 67.9 Å². The van der Waals surface area contributed by atoms with Gasteiger partial charge in [0.2, 0.25) is 5.91 Å². The molecule has 1 saturated carbocycles. The molecule has 1 aromatic carbocycles. The fourth-order valence-corrected chi connectivity index (χ4v) is 3.74. The number of halogens is 1. The van der Waals surface area contributed by atoms with Crippen molar-refractivity contribution in [3.8, 4) is 5.75 Å². The molecule has 2 aliphatic rings. The molecule has 160 valence electrons. The summed E-state index contributed by atoms with van der Waals surface area (Å²) in [6.07, 6.45) is 3.21. The molecule has 1 N–H and O–H groups in total. The Morgan fingerprint density at radius 3 is 2.41 bits per heavy atom. The molecule has 0 unspecified atom stereocenters. The Balaban J connectivity index is 1.52. The minimum atomic E-state index is -0.514. The van der Waals surface area contributed by atoms with E-state index in [4.69, 9.17) is 9.47 Å². The van der Waals surface area contributed by atoms with Crippen LogP contribution in [0.5, 0.6) is 5.75 Å². The molecular weight excluding hydrogens is 375 g/mol. The number of methoxy groups -OCH3 is 1. The Labute approximate surface area is 171 Å². The first-order chi connectivity index (χ1) is 13.6. The second-order valence-corrected chi connectivity index (χ2v) is 9.17. The standard InChI is InChI=1S/C22H31FN2O4/c1-21(2,3)29-20(27)25-9-5-17(6-10-25)24-19(26)22(7-8-22)14-15-11-16(23)13-18(12-15)28-4/h11-13,17H,5-10,14H2,1-4H3,(H,24,26). The summed E-state index contributed by atoms with van der Waals surface area (Å²) >= 11 is 0. The predicted octanol–water partition coefficient (Wildman–Crippen LogP) is 3.67. The van der Waals surface area contributed by atoms with Gasteiger partial charge in [-0.15, -0.1) is 0 Å². The SMILES string of the molecule is COc1cc(F)cc(CC2(C(=O)NC3CCN(C(=O)OC(C)(C)C)CC3)CC2)c1. The highest BCUT2D eigenvalue weighted by molar-refractivity contribution is 5.86. The molecule has 6 nitrogen and oxygen atoms in total. The van der Waals surface area contributed by atoms with Crippen LogP contribution in [0, 0.1) is 11.2 Å². The van der Waals surface area contributed by atoms with E-state index in [0.29, 0.717) is 38.1 Å². The first kappa shape index (κ1) is 21.4. The predicted molar refractivity (Wildman–Crippen MR) is 107 cm³/mol. The van der Waals surface area contributed by atoms with Gasteiger partial charge in [-0.05, 0) is 70.6 Å². The van der Waals surface area contributed by atoms with Gasteiger partial charge in [0.1, 0.15) is 17.2 Å². The fourth-order valence-electron chi connectivity index (χ4n) is 3.74. The Morgan fingerprint density at radius 1 is 1.21 bits per heavy atom. The van der Waals surface area contributed by atoms with Crippen molar-refractivity contribution in [3.63, 3.8) is 0 Å². The second-order valence-electron chi connectivity index (χ2n) is 9.17. The third-order valence-electron chi connectivity index (χ3n) is 5.53. The molecule has 1 aliphatic heterocycles. The van der Waals surface area contributed by atoms with E-state index < -0.39 is 11.0 Å². The number of benzene rings is 1. The zero-order chi connectivity index (χ0) is 21.2. The van der Waals surface area contributed by atoms with Gasteiger partial charge in [0.25, 0.3) is 0 Å². The lowest BCUT2D eigenvalue weighted by molar-refractivity contribution is -0.127. The summed E-state index contributed by atoms with van der Waals surface area (Å²) in [6.45, 7) is 6.67. The normalized spacial score (nSPS) is 18.9. The molecule has 7 heteroatoms. The highest BCUT2D eigenvalue weighted by atomic mass is 19.1. The van der Waals surface area contributed by atoms with Gasteiger partial charge in [0.15, 0.2) is 0 Å². The number of piperidine rings is 1. The van der Waals surface area contributed by atoms with Crippen LogP contribution in [0.3, 0.4) is 0 Å². The quantitative estimate of drug-likeness (QED) is 0.810. The van der Waals surface area contributed by atoms with Gasteiger partial charge in [-0.3, -0.25) is 4.79 Å². The number of nitrogens with zero attached hydrogens (tertiary/aromatic N) is 1. The monoisotopic (exact) mass is 406 g/mol. The maximum Gasteiger partial charge on any atom is 0.410 e. The second kappa shape index (κ2) is 8.20. The van der Waals surface area contributed by atoms with E-state index in [1.165, 1.54) is 19.2 Å². The number of hydrogen-bond donors (Lipinski definition) is 1. The zero-order valence-electron chi connectivity index (χ0n) is 17.7.